The molecule has 0 bridgehead atoms. The normalized spacial score (nSPS) is 10.9. The monoisotopic (exact) mass is 293 g/mol. The molecule has 0 saturated heterocycles. The highest BCUT2D eigenvalue weighted by atomic mass is 35.5. The first-order chi connectivity index (χ1) is 9.08. The van der Waals surface area contributed by atoms with Crippen LogP contribution in [0.5, 0.6) is 0 Å². The van der Waals surface area contributed by atoms with Gasteiger partial charge < -0.3 is 4.90 Å². The highest BCUT2D eigenvalue weighted by molar-refractivity contribution is 6.43. The van der Waals surface area contributed by atoms with Crippen molar-refractivity contribution in [3.8, 4) is 0 Å². The van der Waals surface area contributed by atoms with E-state index in [4.69, 9.17) is 23.2 Å². The van der Waals surface area contributed by atoms with E-state index in [1.165, 1.54) is 0 Å². The minimum atomic E-state index is 0.414. The molecule has 3 nitrogen and oxygen atoms in total. The van der Waals surface area contributed by atoms with Crippen molar-refractivity contribution in [3.63, 3.8) is 0 Å². The van der Waals surface area contributed by atoms with Crippen LogP contribution in [-0.4, -0.2) is 14.1 Å². The van der Waals surface area contributed by atoms with Gasteiger partial charge in [0.15, 0.2) is 0 Å². The zero-order chi connectivity index (χ0) is 13.8. The number of hydrogen-bond acceptors (Lipinski definition) is 3. The van der Waals surface area contributed by atoms with Gasteiger partial charge in [0, 0.05) is 19.8 Å². The molecule has 0 atom stereocenters. The van der Waals surface area contributed by atoms with Gasteiger partial charge in [-0.15, -0.1) is 5.11 Å². The standard InChI is InChI=1S/C14H13Cl2N3/c1-19(2)11-6-3-5-10(9-11)17-18-13-8-4-7-12(15)14(13)16/h3-9H,1-2H3. The van der Waals surface area contributed by atoms with Crippen LogP contribution in [0, 0.1) is 0 Å². The Morgan fingerprint density at radius 1 is 0.947 bits per heavy atom. The summed E-state index contributed by atoms with van der Waals surface area (Å²) in [6.07, 6.45) is 0. The molecule has 19 heavy (non-hydrogen) atoms. The summed E-state index contributed by atoms with van der Waals surface area (Å²) in [7, 11) is 3.95. The summed E-state index contributed by atoms with van der Waals surface area (Å²) >= 11 is 12.0. The Bertz CT molecular complexity index is 609. The molecule has 0 N–H and O–H groups in total. The first-order valence-corrected chi connectivity index (χ1v) is 6.46. The maximum Gasteiger partial charge on any atom is 0.106 e. The first-order valence-electron chi connectivity index (χ1n) is 5.71. The Balaban J connectivity index is 2.27. The number of anilines is 1. The summed E-state index contributed by atoms with van der Waals surface area (Å²) in [5.74, 6) is 0. The second-order valence-electron chi connectivity index (χ2n) is 4.19. The van der Waals surface area contributed by atoms with Crippen molar-refractivity contribution in [2.45, 2.75) is 0 Å². The molecular formula is C14H13Cl2N3. The van der Waals surface area contributed by atoms with E-state index in [2.05, 4.69) is 10.2 Å². The van der Waals surface area contributed by atoms with Gasteiger partial charge in [-0.3, -0.25) is 0 Å². The molecule has 0 amide bonds. The predicted octanol–water partition coefficient (Wildman–Crippen LogP) is 5.47. The van der Waals surface area contributed by atoms with Crippen LogP contribution in [-0.2, 0) is 0 Å². The first kappa shape index (κ1) is 13.8. The molecule has 0 radical (unpaired) electrons. The smallest absolute Gasteiger partial charge is 0.106 e. The molecule has 0 unspecified atom stereocenters. The lowest BCUT2D eigenvalue weighted by Gasteiger charge is -2.11. The van der Waals surface area contributed by atoms with Crippen LogP contribution in [0.3, 0.4) is 0 Å². The van der Waals surface area contributed by atoms with Crippen LogP contribution in [0.4, 0.5) is 17.1 Å². The van der Waals surface area contributed by atoms with Gasteiger partial charge in [0.05, 0.1) is 15.7 Å². The number of benzene rings is 2. The van der Waals surface area contributed by atoms with Gasteiger partial charge in [-0.2, -0.15) is 5.11 Å². The van der Waals surface area contributed by atoms with Crippen molar-refractivity contribution in [2.75, 3.05) is 19.0 Å². The Morgan fingerprint density at radius 3 is 2.42 bits per heavy atom. The highest BCUT2D eigenvalue weighted by Gasteiger charge is 2.03. The van der Waals surface area contributed by atoms with Crippen LogP contribution in [0.15, 0.2) is 52.7 Å². The average molecular weight is 294 g/mol. The SMILES string of the molecule is CN(C)c1cccc(N=Nc2cccc(Cl)c2Cl)c1. The maximum atomic E-state index is 6.05. The molecule has 0 aliphatic heterocycles. The number of azo groups is 1. The van der Waals surface area contributed by atoms with Crippen LogP contribution in [0.1, 0.15) is 0 Å². The number of nitrogens with zero attached hydrogens (tertiary/aromatic N) is 3. The number of hydrogen-bond donors (Lipinski definition) is 0. The summed E-state index contributed by atoms with van der Waals surface area (Å²) in [6, 6.07) is 13.0. The molecule has 0 fully saturated rings. The summed E-state index contributed by atoms with van der Waals surface area (Å²) < 4.78 is 0. The van der Waals surface area contributed by atoms with E-state index >= 15 is 0 Å². The van der Waals surface area contributed by atoms with E-state index in [1.807, 2.05) is 43.3 Å². The molecule has 0 aliphatic carbocycles. The number of rotatable bonds is 3. The van der Waals surface area contributed by atoms with E-state index in [0.717, 1.165) is 11.4 Å². The third kappa shape index (κ3) is 3.46. The molecule has 0 aliphatic rings. The van der Waals surface area contributed by atoms with Crippen molar-refractivity contribution in [1.82, 2.24) is 0 Å². The van der Waals surface area contributed by atoms with Gasteiger partial charge in [0.1, 0.15) is 5.69 Å². The zero-order valence-corrected chi connectivity index (χ0v) is 12.2. The summed E-state index contributed by atoms with van der Waals surface area (Å²) in [5, 5.41) is 9.19. The second kappa shape index (κ2) is 6.04. The molecule has 98 valence electrons. The zero-order valence-electron chi connectivity index (χ0n) is 10.6. The molecule has 2 aromatic carbocycles. The van der Waals surface area contributed by atoms with Gasteiger partial charge in [0.2, 0.25) is 0 Å². The Hall–Kier alpha value is -1.58. The third-order valence-electron chi connectivity index (χ3n) is 2.55. The molecular weight excluding hydrogens is 281 g/mol. The van der Waals surface area contributed by atoms with E-state index in [9.17, 15) is 0 Å². The van der Waals surface area contributed by atoms with Crippen molar-refractivity contribution in [2.24, 2.45) is 10.2 Å². The van der Waals surface area contributed by atoms with Gasteiger partial charge in [-0.05, 0) is 30.3 Å². The fraction of sp³-hybridized carbons (Fsp3) is 0.143. The lowest BCUT2D eigenvalue weighted by molar-refractivity contribution is 1.13. The molecule has 2 aromatic rings. The van der Waals surface area contributed by atoms with E-state index < -0.39 is 0 Å². The largest absolute Gasteiger partial charge is 0.378 e. The van der Waals surface area contributed by atoms with E-state index in [0.29, 0.717) is 15.7 Å². The van der Waals surface area contributed by atoms with Crippen molar-refractivity contribution >= 4 is 40.3 Å². The molecule has 0 aromatic heterocycles. The minimum absolute atomic E-state index is 0.414. The molecule has 0 heterocycles. The molecule has 0 saturated carbocycles. The molecule has 5 heteroatoms. The van der Waals surface area contributed by atoms with Gasteiger partial charge in [-0.1, -0.05) is 35.3 Å². The van der Waals surface area contributed by atoms with Crippen LogP contribution < -0.4 is 4.90 Å². The molecule has 0 spiro atoms. The predicted molar refractivity (Wildman–Crippen MR) is 81.4 cm³/mol. The Labute approximate surface area is 122 Å². The fourth-order valence-corrected chi connectivity index (χ4v) is 1.85. The van der Waals surface area contributed by atoms with Gasteiger partial charge in [-0.25, -0.2) is 0 Å². The van der Waals surface area contributed by atoms with Gasteiger partial charge >= 0.3 is 0 Å². The van der Waals surface area contributed by atoms with Gasteiger partial charge in [0.25, 0.3) is 0 Å². The summed E-state index contributed by atoms with van der Waals surface area (Å²) in [5.41, 5.74) is 2.39. The maximum absolute atomic E-state index is 6.05. The third-order valence-corrected chi connectivity index (χ3v) is 3.36. The lowest BCUT2D eigenvalue weighted by Crippen LogP contribution is -2.07. The van der Waals surface area contributed by atoms with E-state index in [1.54, 1.807) is 18.2 Å². The topological polar surface area (TPSA) is 28.0 Å². The van der Waals surface area contributed by atoms with Crippen molar-refractivity contribution in [1.29, 1.82) is 0 Å². The fourth-order valence-electron chi connectivity index (χ4n) is 1.51. The Kier molecular flexibility index (Phi) is 4.40. The average Bonchev–Trinajstić information content (AvgIpc) is 2.41. The van der Waals surface area contributed by atoms with Crippen LogP contribution in [0.25, 0.3) is 0 Å². The lowest BCUT2D eigenvalue weighted by atomic mass is 10.3. The minimum Gasteiger partial charge on any atom is -0.378 e. The van der Waals surface area contributed by atoms with Crippen LogP contribution in [0.2, 0.25) is 10.0 Å². The quantitative estimate of drug-likeness (QED) is 0.689. The summed E-state index contributed by atoms with van der Waals surface area (Å²) in [6.45, 7) is 0. The molecule has 2 rings (SSSR count). The van der Waals surface area contributed by atoms with Crippen LogP contribution >= 0.6 is 23.2 Å². The van der Waals surface area contributed by atoms with E-state index in [-0.39, 0.29) is 0 Å². The van der Waals surface area contributed by atoms with Crippen molar-refractivity contribution in [3.05, 3.63) is 52.5 Å². The number of halogens is 2. The Morgan fingerprint density at radius 2 is 1.68 bits per heavy atom. The second-order valence-corrected chi connectivity index (χ2v) is 4.97. The summed E-state index contributed by atoms with van der Waals surface area (Å²) in [4.78, 5) is 2.01. The van der Waals surface area contributed by atoms with Crippen molar-refractivity contribution < 1.29 is 0 Å². The highest BCUT2D eigenvalue weighted by Crippen LogP contribution is 2.33.